The van der Waals surface area contributed by atoms with Crippen LogP contribution in [0.5, 0.6) is 0 Å². The molecule has 42 valence electrons. The fourth-order valence-electron chi connectivity index (χ4n) is 0.514. The van der Waals surface area contributed by atoms with Gasteiger partial charge in [0.1, 0.15) is 5.82 Å². The molecule has 0 atom stereocenters. The first-order valence-electron chi connectivity index (χ1n) is 2.28. The molecule has 0 aliphatic rings. The van der Waals surface area contributed by atoms with Crippen molar-refractivity contribution in [1.82, 2.24) is 4.98 Å². The molecule has 1 aromatic rings. The first-order chi connectivity index (χ1) is 3.83. The van der Waals surface area contributed by atoms with Crippen molar-refractivity contribution in [2.45, 2.75) is 0 Å². The van der Waals surface area contributed by atoms with Crippen molar-refractivity contribution in [1.29, 1.82) is 5.41 Å². The van der Waals surface area contributed by atoms with Gasteiger partial charge in [-0.3, -0.25) is 0 Å². The highest BCUT2D eigenvalue weighted by Gasteiger charge is 1.86. The zero-order chi connectivity index (χ0) is 5.98. The monoisotopic (exact) mass is 109 g/mol. The minimum absolute atomic E-state index is 0.600. The molecule has 0 saturated heterocycles. The molecule has 0 spiro atoms. The van der Waals surface area contributed by atoms with Crippen molar-refractivity contribution in [3.8, 4) is 0 Å². The lowest BCUT2D eigenvalue weighted by Gasteiger charge is -1.79. The van der Waals surface area contributed by atoms with Crippen molar-refractivity contribution < 1.29 is 0 Å². The van der Waals surface area contributed by atoms with Gasteiger partial charge in [0.05, 0.1) is 5.69 Å². The molecule has 0 unspecified atom stereocenters. The molecule has 0 aliphatic carbocycles. The summed E-state index contributed by atoms with van der Waals surface area (Å²) in [6, 6.07) is 3.47. The van der Waals surface area contributed by atoms with Gasteiger partial charge in [-0.1, -0.05) is 0 Å². The van der Waals surface area contributed by atoms with Gasteiger partial charge in [-0.25, -0.2) is 0 Å². The number of nitrogens with two attached hydrogens (primary N) is 1. The lowest BCUT2D eigenvalue weighted by atomic mass is 10.5. The van der Waals surface area contributed by atoms with Crippen LogP contribution in [0.15, 0.2) is 12.1 Å². The van der Waals surface area contributed by atoms with E-state index in [1.165, 1.54) is 6.21 Å². The van der Waals surface area contributed by atoms with E-state index >= 15 is 0 Å². The van der Waals surface area contributed by atoms with E-state index in [4.69, 9.17) is 11.1 Å². The first kappa shape index (κ1) is 4.90. The Balaban J connectivity index is 3.00. The molecule has 3 heteroatoms. The summed E-state index contributed by atoms with van der Waals surface area (Å²) < 4.78 is 0. The fraction of sp³-hybridized carbons (Fsp3) is 0. The average Bonchev–Trinajstić information content (AvgIpc) is 2.14. The Morgan fingerprint density at radius 2 is 2.38 bits per heavy atom. The second kappa shape index (κ2) is 1.69. The maximum Gasteiger partial charge on any atom is 0.101 e. The van der Waals surface area contributed by atoms with E-state index in [0.717, 1.165) is 5.69 Å². The van der Waals surface area contributed by atoms with Gasteiger partial charge in [0.25, 0.3) is 0 Å². The summed E-state index contributed by atoms with van der Waals surface area (Å²) in [4.78, 5) is 2.76. The Hall–Kier alpha value is -1.25. The van der Waals surface area contributed by atoms with Crippen LogP contribution >= 0.6 is 0 Å². The summed E-state index contributed by atoms with van der Waals surface area (Å²) >= 11 is 0. The van der Waals surface area contributed by atoms with E-state index in [-0.39, 0.29) is 0 Å². The van der Waals surface area contributed by atoms with E-state index in [2.05, 4.69) is 4.98 Å². The zero-order valence-electron chi connectivity index (χ0n) is 4.31. The third-order valence-corrected chi connectivity index (χ3v) is 0.887. The molecule has 4 N–H and O–H groups in total. The Labute approximate surface area is 47.0 Å². The first-order valence-corrected chi connectivity index (χ1v) is 2.28. The molecule has 0 bridgehead atoms. The quantitative estimate of drug-likeness (QED) is 0.454. The van der Waals surface area contributed by atoms with Gasteiger partial charge in [-0.05, 0) is 12.1 Å². The molecule has 0 fully saturated rings. The highest BCUT2D eigenvalue weighted by Crippen LogP contribution is 1.98. The standard InChI is InChI=1S/C5H7N3/c6-3-4-1-2-5(7)8-4/h1-3,6,8H,7H2. The number of hydrogen-bond donors (Lipinski definition) is 3. The number of rotatable bonds is 1. The summed E-state index contributed by atoms with van der Waals surface area (Å²) in [6.45, 7) is 0. The van der Waals surface area contributed by atoms with Crippen LogP contribution in [0.2, 0.25) is 0 Å². The topological polar surface area (TPSA) is 65.7 Å². The molecule has 0 radical (unpaired) electrons. The minimum atomic E-state index is 0.600. The average molecular weight is 109 g/mol. The van der Waals surface area contributed by atoms with E-state index < -0.39 is 0 Å². The molecule has 1 heterocycles. The predicted octanol–water partition coefficient (Wildman–Crippen LogP) is 0.595. The number of H-pyrrole nitrogens is 1. The Kier molecular flexibility index (Phi) is 1.04. The van der Waals surface area contributed by atoms with Gasteiger partial charge in [-0.2, -0.15) is 0 Å². The molecule has 8 heavy (non-hydrogen) atoms. The van der Waals surface area contributed by atoms with Crippen molar-refractivity contribution in [3.05, 3.63) is 17.8 Å². The minimum Gasteiger partial charge on any atom is -0.385 e. The van der Waals surface area contributed by atoms with Gasteiger partial charge >= 0.3 is 0 Å². The number of aromatic nitrogens is 1. The second-order valence-corrected chi connectivity index (χ2v) is 1.51. The number of hydrogen-bond acceptors (Lipinski definition) is 2. The van der Waals surface area contributed by atoms with Gasteiger partial charge in [-0.15, -0.1) is 0 Å². The molecular formula is C5H7N3. The number of anilines is 1. The maximum absolute atomic E-state index is 6.75. The van der Waals surface area contributed by atoms with Crippen LogP contribution in [-0.4, -0.2) is 11.2 Å². The van der Waals surface area contributed by atoms with Crippen LogP contribution in [0.4, 0.5) is 5.82 Å². The van der Waals surface area contributed by atoms with Crippen LogP contribution in [0.1, 0.15) is 5.69 Å². The van der Waals surface area contributed by atoms with E-state index in [0.29, 0.717) is 5.82 Å². The van der Waals surface area contributed by atoms with E-state index in [1.54, 1.807) is 12.1 Å². The Morgan fingerprint density at radius 3 is 2.62 bits per heavy atom. The summed E-state index contributed by atoms with van der Waals surface area (Å²) in [6.07, 6.45) is 1.22. The van der Waals surface area contributed by atoms with E-state index in [1.807, 2.05) is 0 Å². The van der Waals surface area contributed by atoms with Crippen LogP contribution in [-0.2, 0) is 0 Å². The molecule has 3 nitrogen and oxygen atoms in total. The zero-order valence-corrected chi connectivity index (χ0v) is 4.31. The Bertz CT molecular complexity index is 189. The van der Waals surface area contributed by atoms with Crippen LogP contribution in [0.25, 0.3) is 0 Å². The molecule has 1 aromatic heterocycles. The molecule has 0 aliphatic heterocycles. The SMILES string of the molecule is N=Cc1ccc(N)[nH]1. The van der Waals surface area contributed by atoms with E-state index in [9.17, 15) is 0 Å². The van der Waals surface area contributed by atoms with Gasteiger partial charge in [0.15, 0.2) is 0 Å². The third-order valence-electron chi connectivity index (χ3n) is 0.887. The van der Waals surface area contributed by atoms with Crippen molar-refractivity contribution in [3.63, 3.8) is 0 Å². The summed E-state index contributed by atoms with van der Waals surface area (Å²) in [5.74, 6) is 0.600. The van der Waals surface area contributed by atoms with Crippen LogP contribution in [0, 0.1) is 5.41 Å². The largest absolute Gasteiger partial charge is 0.385 e. The number of nitrogens with one attached hydrogen (secondary N) is 2. The number of aromatic amines is 1. The van der Waals surface area contributed by atoms with Crippen molar-refractivity contribution >= 4 is 12.0 Å². The normalized spacial score (nSPS) is 9.00. The summed E-state index contributed by atoms with van der Waals surface area (Å²) in [5.41, 5.74) is 6.03. The highest BCUT2D eigenvalue weighted by molar-refractivity contribution is 5.75. The van der Waals surface area contributed by atoms with Gasteiger partial charge in [0.2, 0.25) is 0 Å². The molecule has 0 saturated carbocycles. The molecular weight excluding hydrogens is 102 g/mol. The van der Waals surface area contributed by atoms with Crippen molar-refractivity contribution in [2.75, 3.05) is 5.73 Å². The second-order valence-electron chi connectivity index (χ2n) is 1.51. The smallest absolute Gasteiger partial charge is 0.101 e. The van der Waals surface area contributed by atoms with Gasteiger partial charge < -0.3 is 16.1 Å². The lowest BCUT2D eigenvalue weighted by Crippen LogP contribution is -1.83. The lowest BCUT2D eigenvalue weighted by molar-refractivity contribution is 1.37. The third kappa shape index (κ3) is 0.703. The summed E-state index contributed by atoms with van der Waals surface area (Å²) in [5, 5.41) is 6.75. The fourth-order valence-corrected chi connectivity index (χ4v) is 0.514. The van der Waals surface area contributed by atoms with Crippen molar-refractivity contribution in [2.24, 2.45) is 0 Å². The summed E-state index contributed by atoms with van der Waals surface area (Å²) in [7, 11) is 0. The molecule has 0 amide bonds. The molecule has 1 rings (SSSR count). The van der Waals surface area contributed by atoms with Crippen LogP contribution < -0.4 is 5.73 Å². The Morgan fingerprint density at radius 1 is 1.62 bits per heavy atom. The van der Waals surface area contributed by atoms with Crippen LogP contribution in [0.3, 0.4) is 0 Å². The highest BCUT2D eigenvalue weighted by atomic mass is 14.8. The predicted molar refractivity (Wildman–Crippen MR) is 33.1 cm³/mol. The number of nitrogen functional groups attached to an aromatic ring is 1. The molecule has 0 aromatic carbocycles. The maximum atomic E-state index is 6.75. The van der Waals surface area contributed by atoms with Gasteiger partial charge in [0, 0.05) is 6.21 Å².